The van der Waals surface area contributed by atoms with Crippen molar-refractivity contribution in [2.45, 2.75) is 50.0 Å². The summed E-state index contributed by atoms with van der Waals surface area (Å²) in [6.45, 7) is 2.82. The van der Waals surface area contributed by atoms with E-state index in [0.717, 1.165) is 6.42 Å². The van der Waals surface area contributed by atoms with Gasteiger partial charge in [-0.05, 0) is 30.9 Å². The van der Waals surface area contributed by atoms with Gasteiger partial charge in [0.25, 0.3) is 0 Å². The van der Waals surface area contributed by atoms with E-state index in [9.17, 15) is 0 Å². The van der Waals surface area contributed by atoms with Crippen LogP contribution in [-0.2, 0) is 10.2 Å². The molecule has 1 spiro atoms. The maximum absolute atomic E-state index is 6.15. The molecule has 2 nitrogen and oxygen atoms in total. The molecule has 0 radical (unpaired) electrons. The van der Waals surface area contributed by atoms with Crippen LogP contribution in [0.15, 0.2) is 29.3 Å². The van der Waals surface area contributed by atoms with Crippen LogP contribution in [-0.4, -0.2) is 18.0 Å². The number of hydrogen-bond donors (Lipinski definition) is 0. The van der Waals surface area contributed by atoms with Crippen molar-refractivity contribution in [3.8, 4) is 0 Å². The molecule has 0 saturated heterocycles. The van der Waals surface area contributed by atoms with Crippen molar-refractivity contribution in [2.75, 3.05) is 6.73 Å². The summed E-state index contributed by atoms with van der Waals surface area (Å²) in [4.78, 5) is 4.57. The van der Waals surface area contributed by atoms with E-state index in [1.54, 1.807) is 0 Å². The van der Waals surface area contributed by atoms with Gasteiger partial charge in [0.2, 0.25) is 0 Å². The van der Waals surface area contributed by atoms with E-state index < -0.39 is 0 Å². The first-order valence-electron chi connectivity index (χ1n) is 7.02. The highest BCUT2D eigenvalue weighted by molar-refractivity contribution is 6.03. The van der Waals surface area contributed by atoms with E-state index in [-0.39, 0.29) is 11.0 Å². The minimum Gasteiger partial charge on any atom is -0.346 e. The maximum atomic E-state index is 6.15. The minimum absolute atomic E-state index is 0.0304. The van der Waals surface area contributed by atoms with Crippen molar-refractivity contribution in [3.05, 3.63) is 35.4 Å². The van der Waals surface area contributed by atoms with Crippen LogP contribution in [0.1, 0.15) is 43.2 Å². The van der Waals surface area contributed by atoms with Crippen LogP contribution < -0.4 is 0 Å². The van der Waals surface area contributed by atoms with Gasteiger partial charge in [0, 0.05) is 17.5 Å². The van der Waals surface area contributed by atoms with E-state index in [4.69, 9.17) is 4.74 Å². The second-order valence-corrected chi connectivity index (χ2v) is 5.99. The molecule has 1 aromatic carbocycles. The lowest BCUT2D eigenvalue weighted by molar-refractivity contribution is -0.0802. The smallest absolute Gasteiger partial charge is 0.138 e. The summed E-state index contributed by atoms with van der Waals surface area (Å²) in [6.07, 6.45) is 6.16. The molecule has 3 aliphatic rings. The van der Waals surface area contributed by atoms with E-state index in [0.29, 0.717) is 6.73 Å². The van der Waals surface area contributed by atoms with Gasteiger partial charge in [0.15, 0.2) is 0 Å². The van der Waals surface area contributed by atoms with Gasteiger partial charge >= 0.3 is 0 Å². The highest BCUT2D eigenvalue weighted by Gasteiger charge is 2.67. The number of aryl methyl sites for hydroxylation is 1. The van der Waals surface area contributed by atoms with Gasteiger partial charge in [0.1, 0.15) is 12.3 Å². The molecule has 0 bridgehead atoms. The first-order valence-corrected chi connectivity index (χ1v) is 7.02. The number of ether oxygens (including phenoxy) is 1. The summed E-state index contributed by atoms with van der Waals surface area (Å²) in [5, 5.41) is 0. The second kappa shape index (κ2) is 3.45. The van der Waals surface area contributed by atoms with Crippen molar-refractivity contribution >= 4 is 5.71 Å². The topological polar surface area (TPSA) is 21.6 Å². The fourth-order valence-corrected chi connectivity index (χ4v) is 4.47. The monoisotopic (exact) mass is 241 g/mol. The lowest BCUT2D eigenvalue weighted by Crippen LogP contribution is -2.68. The Morgan fingerprint density at radius 2 is 2.00 bits per heavy atom. The summed E-state index contributed by atoms with van der Waals surface area (Å²) in [5.41, 5.74) is 4.45. The SMILES string of the molecule is Cc1ccccc1[C@@]12CCCCC13OCN=C3C2. The Hall–Kier alpha value is -1.15. The van der Waals surface area contributed by atoms with Gasteiger partial charge in [0.05, 0.1) is 0 Å². The van der Waals surface area contributed by atoms with Crippen LogP contribution in [0.3, 0.4) is 0 Å². The Balaban J connectivity index is 1.88. The molecule has 0 amide bonds. The number of hydrogen-bond acceptors (Lipinski definition) is 2. The first-order chi connectivity index (χ1) is 8.79. The largest absolute Gasteiger partial charge is 0.346 e. The number of benzene rings is 1. The van der Waals surface area contributed by atoms with Gasteiger partial charge in [-0.25, -0.2) is 0 Å². The Morgan fingerprint density at radius 3 is 2.83 bits per heavy atom. The molecule has 1 unspecified atom stereocenters. The summed E-state index contributed by atoms with van der Waals surface area (Å²) < 4.78 is 6.15. The molecule has 2 fully saturated rings. The fraction of sp³-hybridized carbons (Fsp3) is 0.562. The summed E-state index contributed by atoms with van der Waals surface area (Å²) >= 11 is 0. The van der Waals surface area contributed by atoms with E-state index in [1.807, 2.05) is 0 Å². The summed E-state index contributed by atoms with van der Waals surface area (Å²) in [7, 11) is 0. The van der Waals surface area contributed by atoms with Crippen LogP contribution in [0.4, 0.5) is 0 Å². The molecule has 2 saturated carbocycles. The minimum atomic E-state index is -0.0304. The first kappa shape index (κ1) is 10.7. The van der Waals surface area contributed by atoms with Gasteiger partial charge in [-0.15, -0.1) is 0 Å². The van der Waals surface area contributed by atoms with Crippen LogP contribution >= 0.6 is 0 Å². The van der Waals surface area contributed by atoms with Crippen molar-refractivity contribution < 1.29 is 4.74 Å². The Morgan fingerprint density at radius 1 is 1.17 bits per heavy atom. The molecule has 0 N–H and O–H groups in total. The Labute approximate surface area is 108 Å². The average molecular weight is 241 g/mol. The molecule has 4 rings (SSSR count). The fourth-order valence-electron chi connectivity index (χ4n) is 4.47. The van der Waals surface area contributed by atoms with Gasteiger partial charge < -0.3 is 4.74 Å². The third-order valence-corrected chi connectivity index (χ3v) is 5.32. The normalized spacial score (nSPS) is 37.5. The summed E-state index contributed by atoms with van der Waals surface area (Å²) in [6, 6.07) is 8.84. The van der Waals surface area contributed by atoms with E-state index in [1.165, 1.54) is 42.5 Å². The molecule has 0 aromatic heterocycles. The average Bonchev–Trinajstić information content (AvgIpc) is 2.68. The van der Waals surface area contributed by atoms with Gasteiger partial charge in [-0.2, -0.15) is 0 Å². The highest BCUT2D eigenvalue weighted by atomic mass is 16.5. The molecule has 94 valence electrons. The van der Waals surface area contributed by atoms with Crippen LogP contribution in [0.2, 0.25) is 0 Å². The Bertz CT molecular complexity index is 536. The molecule has 2 atom stereocenters. The highest BCUT2D eigenvalue weighted by Crippen LogP contribution is 2.61. The lowest BCUT2D eigenvalue weighted by atomic mass is 9.46. The predicted octanol–water partition coefficient (Wildman–Crippen LogP) is 3.38. The zero-order valence-corrected chi connectivity index (χ0v) is 10.9. The molecule has 1 heterocycles. The van der Waals surface area contributed by atoms with Crippen LogP contribution in [0.25, 0.3) is 0 Å². The molecule has 2 aliphatic carbocycles. The van der Waals surface area contributed by atoms with E-state index in [2.05, 4.69) is 36.2 Å². The van der Waals surface area contributed by atoms with Crippen molar-refractivity contribution in [1.82, 2.24) is 0 Å². The molecule has 2 heteroatoms. The quantitative estimate of drug-likeness (QED) is 0.738. The maximum Gasteiger partial charge on any atom is 0.138 e. The van der Waals surface area contributed by atoms with Gasteiger partial charge in [-0.3, -0.25) is 4.99 Å². The number of nitrogens with zero attached hydrogens (tertiary/aromatic N) is 1. The predicted molar refractivity (Wildman–Crippen MR) is 72.1 cm³/mol. The van der Waals surface area contributed by atoms with Crippen molar-refractivity contribution in [2.24, 2.45) is 4.99 Å². The molecular weight excluding hydrogens is 222 g/mol. The molecule has 18 heavy (non-hydrogen) atoms. The zero-order valence-electron chi connectivity index (χ0n) is 10.9. The van der Waals surface area contributed by atoms with Crippen molar-refractivity contribution in [3.63, 3.8) is 0 Å². The lowest BCUT2D eigenvalue weighted by Gasteiger charge is -2.60. The molecular formula is C16H19NO. The van der Waals surface area contributed by atoms with Crippen LogP contribution in [0, 0.1) is 6.92 Å². The van der Waals surface area contributed by atoms with E-state index >= 15 is 0 Å². The standard InChI is InChI=1S/C16H19NO/c1-12-6-2-3-7-13(12)15-8-4-5-9-16(15)14(10-15)17-11-18-16/h2-3,6-7H,4-5,8-11H2,1H3/t15-,16?/m0/s1. The summed E-state index contributed by atoms with van der Waals surface area (Å²) in [5.74, 6) is 0. The van der Waals surface area contributed by atoms with Gasteiger partial charge in [-0.1, -0.05) is 37.1 Å². The number of aliphatic imine (C=N–C) groups is 1. The molecule has 1 aromatic rings. The second-order valence-electron chi connectivity index (χ2n) is 5.99. The third kappa shape index (κ3) is 1.06. The Kier molecular flexibility index (Phi) is 2.06. The van der Waals surface area contributed by atoms with Crippen LogP contribution in [0.5, 0.6) is 0 Å². The third-order valence-electron chi connectivity index (χ3n) is 5.32. The zero-order chi connectivity index (χ0) is 12.2. The molecule has 1 aliphatic heterocycles. The number of rotatable bonds is 1. The van der Waals surface area contributed by atoms with Crippen molar-refractivity contribution in [1.29, 1.82) is 0 Å².